The van der Waals surface area contributed by atoms with Crippen molar-refractivity contribution in [2.45, 2.75) is 12.8 Å². The van der Waals surface area contributed by atoms with Crippen LogP contribution in [0.3, 0.4) is 0 Å². The van der Waals surface area contributed by atoms with E-state index in [9.17, 15) is 14.7 Å². The Balaban J connectivity index is 1.49. The normalized spacial score (nSPS) is 16.7. The van der Waals surface area contributed by atoms with Crippen LogP contribution in [0.25, 0.3) is 11.3 Å². The van der Waals surface area contributed by atoms with E-state index in [1.165, 1.54) is 12.3 Å². The Labute approximate surface area is 201 Å². The lowest BCUT2D eigenvalue weighted by atomic mass is 9.79. The first-order valence-corrected chi connectivity index (χ1v) is 11.1. The third kappa shape index (κ3) is 5.32. The maximum absolute atomic E-state index is 12.9. The van der Waals surface area contributed by atoms with Gasteiger partial charge in [-0.25, -0.2) is 4.98 Å². The molecule has 7 nitrogen and oxygen atoms in total. The van der Waals surface area contributed by atoms with Gasteiger partial charge in [-0.3, -0.25) is 14.6 Å². The highest BCUT2D eigenvalue weighted by Gasteiger charge is 2.35. The molecule has 0 saturated heterocycles. The summed E-state index contributed by atoms with van der Waals surface area (Å²) in [6.07, 6.45) is 10.7. The second-order valence-electron chi connectivity index (χ2n) is 7.81. The molecule has 1 aliphatic rings. The molecular weight excluding hydrogens is 454 g/mol. The molecule has 1 amide bonds. The Morgan fingerprint density at radius 3 is 2.74 bits per heavy atom. The number of rotatable bonds is 8. The zero-order chi connectivity index (χ0) is 24.0. The van der Waals surface area contributed by atoms with E-state index in [0.717, 1.165) is 11.3 Å². The number of hydrogen-bond acceptors (Lipinski definition) is 5. The smallest absolute Gasteiger partial charge is 0.313 e. The number of pyridine rings is 2. The first-order valence-electron chi connectivity index (χ1n) is 10.7. The number of carboxylic acid groups (broad SMARTS) is 1. The van der Waals surface area contributed by atoms with E-state index in [1.54, 1.807) is 30.5 Å². The Morgan fingerprint density at radius 1 is 1.12 bits per heavy atom. The van der Waals surface area contributed by atoms with Crippen molar-refractivity contribution in [2.24, 2.45) is 5.41 Å². The summed E-state index contributed by atoms with van der Waals surface area (Å²) in [6, 6.07) is 14.4. The molecule has 172 valence electrons. The van der Waals surface area contributed by atoms with Crippen molar-refractivity contribution in [3.8, 4) is 22.9 Å². The third-order valence-electron chi connectivity index (χ3n) is 5.50. The molecule has 34 heavy (non-hydrogen) atoms. The Morgan fingerprint density at radius 2 is 2.00 bits per heavy atom. The number of allylic oxidation sites excluding steroid dienone is 3. The molecule has 0 radical (unpaired) electrons. The number of nitrogens with zero attached hydrogens (tertiary/aromatic N) is 2. The van der Waals surface area contributed by atoms with Crippen molar-refractivity contribution in [1.82, 2.24) is 15.3 Å². The highest BCUT2D eigenvalue weighted by molar-refractivity contribution is 6.30. The molecule has 0 aliphatic heterocycles. The molecule has 1 aliphatic carbocycles. The van der Waals surface area contributed by atoms with Gasteiger partial charge >= 0.3 is 5.97 Å². The molecule has 1 unspecified atom stereocenters. The fourth-order valence-corrected chi connectivity index (χ4v) is 3.80. The zero-order valence-electron chi connectivity index (χ0n) is 18.1. The van der Waals surface area contributed by atoms with Crippen molar-refractivity contribution < 1.29 is 19.4 Å². The van der Waals surface area contributed by atoms with Crippen molar-refractivity contribution in [1.29, 1.82) is 0 Å². The number of halogens is 1. The largest absolute Gasteiger partial charge is 0.481 e. The summed E-state index contributed by atoms with van der Waals surface area (Å²) in [5.74, 6) is -0.810. The van der Waals surface area contributed by atoms with Gasteiger partial charge in [-0.15, -0.1) is 0 Å². The van der Waals surface area contributed by atoms with Gasteiger partial charge in [0.2, 0.25) is 5.88 Å². The lowest BCUT2D eigenvalue weighted by Gasteiger charge is -2.26. The SMILES string of the molecule is O=C(NCCC1(C(=O)O)C=CC=CC1)c1cc(Cl)cnc1Oc1cccc(-c2ccccn2)c1. The second-order valence-corrected chi connectivity index (χ2v) is 8.25. The number of aliphatic carboxylic acids is 1. The molecule has 8 heteroatoms. The average molecular weight is 476 g/mol. The maximum Gasteiger partial charge on any atom is 0.313 e. The van der Waals surface area contributed by atoms with Crippen LogP contribution in [0.2, 0.25) is 5.02 Å². The van der Waals surface area contributed by atoms with Gasteiger partial charge in [0.15, 0.2) is 0 Å². The van der Waals surface area contributed by atoms with E-state index in [0.29, 0.717) is 12.2 Å². The van der Waals surface area contributed by atoms with Crippen LogP contribution in [0.4, 0.5) is 0 Å². The Hall–Kier alpha value is -3.97. The van der Waals surface area contributed by atoms with Crippen molar-refractivity contribution in [2.75, 3.05) is 6.54 Å². The van der Waals surface area contributed by atoms with Crippen LogP contribution >= 0.6 is 11.6 Å². The van der Waals surface area contributed by atoms with Gasteiger partial charge in [0.25, 0.3) is 5.91 Å². The van der Waals surface area contributed by atoms with E-state index < -0.39 is 17.3 Å². The van der Waals surface area contributed by atoms with Gasteiger partial charge in [-0.05, 0) is 43.2 Å². The summed E-state index contributed by atoms with van der Waals surface area (Å²) >= 11 is 6.09. The van der Waals surface area contributed by atoms with Gasteiger partial charge in [0, 0.05) is 24.5 Å². The predicted molar refractivity (Wildman–Crippen MR) is 129 cm³/mol. The van der Waals surface area contributed by atoms with Crippen molar-refractivity contribution in [3.05, 3.63) is 95.8 Å². The fourth-order valence-electron chi connectivity index (χ4n) is 3.64. The van der Waals surface area contributed by atoms with Crippen LogP contribution in [-0.2, 0) is 4.79 Å². The number of carboxylic acids is 1. The summed E-state index contributed by atoms with van der Waals surface area (Å²) < 4.78 is 5.93. The van der Waals surface area contributed by atoms with E-state index in [4.69, 9.17) is 16.3 Å². The lowest BCUT2D eigenvalue weighted by molar-refractivity contribution is -0.146. The number of carbonyl (C=O) groups is 2. The van der Waals surface area contributed by atoms with Crippen LogP contribution in [0.15, 0.2) is 85.2 Å². The summed E-state index contributed by atoms with van der Waals surface area (Å²) in [5.41, 5.74) is 0.750. The molecule has 2 heterocycles. The monoisotopic (exact) mass is 475 g/mol. The van der Waals surface area contributed by atoms with Crippen molar-refractivity contribution in [3.63, 3.8) is 0 Å². The lowest BCUT2D eigenvalue weighted by Crippen LogP contribution is -2.35. The van der Waals surface area contributed by atoms with Crippen LogP contribution in [0.1, 0.15) is 23.2 Å². The van der Waals surface area contributed by atoms with Crippen LogP contribution in [0.5, 0.6) is 11.6 Å². The van der Waals surface area contributed by atoms with Crippen LogP contribution in [0, 0.1) is 5.41 Å². The number of ether oxygens (including phenoxy) is 1. The van der Waals surface area contributed by atoms with Gasteiger partial charge in [-0.2, -0.15) is 0 Å². The third-order valence-corrected chi connectivity index (χ3v) is 5.71. The summed E-state index contributed by atoms with van der Waals surface area (Å²) in [6.45, 7) is 0.157. The molecule has 0 fully saturated rings. The molecule has 2 aromatic heterocycles. The van der Waals surface area contributed by atoms with Crippen LogP contribution < -0.4 is 10.1 Å². The van der Waals surface area contributed by atoms with E-state index in [2.05, 4.69) is 15.3 Å². The number of benzene rings is 1. The summed E-state index contributed by atoms with van der Waals surface area (Å²) in [5, 5.41) is 12.7. The summed E-state index contributed by atoms with van der Waals surface area (Å²) in [7, 11) is 0. The molecule has 0 bridgehead atoms. The number of amides is 1. The molecular formula is C26H22ClN3O4. The van der Waals surface area contributed by atoms with Gasteiger partial charge < -0.3 is 15.2 Å². The quantitative estimate of drug-likeness (QED) is 0.458. The number of hydrogen-bond donors (Lipinski definition) is 2. The zero-order valence-corrected chi connectivity index (χ0v) is 18.9. The maximum atomic E-state index is 12.9. The van der Waals surface area contributed by atoms with Gasteiger partial charge in [-0.1, -0.05) is 54.1 Å². The number of nitrogens with one attached hydrogen (secondary N) is 1. The van der Waals surface area contributed by atoms with Gasteiger partial charge in [0.1, 0.15) is 11.3 Å². The summed E-state index contributed by atoms with van der Waals surface area (Å²) in [4.78, 5) is 33.3. The number of aromatic nitrogens is 2. The molecule has 1 atom stereocenters. The Bertz CT molecular complexity index is 1260. The molecule has 4 rings (SSSR count). The Kier molecular flexibility index (Phi) is 7.04. The van der Waals surface area contributed by atoms with Crippen LogP contribution in [-0.4, -0.2) is 33.5 Å². The minimum Gasteiger partial charge on any atom is -0.481 e. The minimum atomic E-state index is -1.04. The van der Waals surface area contributed by atoms with E-state index in [1.807, 2.05) is 42.5 Å². The van der Waals surface area contributed by atoms with E-state index >= 15 is 0 Å². The predicted octanol–water partition coefficient (Wildman–Crippen LogP) is 5.30. The fraction of sp³-hybridized carbons (Fsp3) is 0.154. The first kappa shape index (κ1) is 23.2. The molecule has 3 aromatic rings. The highest BCUT2D eigenvalue weighted by Crippen LogP contribution is 2.32. The second kappa shape index (κ2) is 10.3. The standard InChI is InChI=1S/C26H22ClN3O4/c27-19-16-21(23(31)29-14-12-26(25(32)33)10-3-1-4-11-26)24(30-17-19)34-20-8-6-7-18(15-20)22-9-2-5-13-28-22/h1-10,13,15-17H,11-12,14H2,(H,29,31)(H,32,33). The average Bonchev–Trinajstić information content (AvgIpc) is 2.86. The number of carbonyl (C=O) groups excluding carboxylic acids is 1. The van der Waals surface area contributed by atoms with E-state index in [-0.39, 0.29) is 29.4 Å². The van der Waals surface area contributed by atoms with Crippen molar-refractivity contribution >= 4 is 23.5 Å². The molecule has 1 aromatic carbocycles. The van der Waals surface area contributed by atoms with Gasteiger partial charge in [0.05, 0.1) is 16.1 Å². The topological polar surface area (TPSA) is 101 Å². The molecule has 0 saturated carbocycles. The molecule has 0 spiro atoms. The first-order chi connectivity index (χ1) is 16.5. The highest BCUT2D eigenvalue weighted by atomic mass is 35.5. The minimum absolute atomic E-state index is 0.0912. The molecule has 2 N–H and O–H groups in total.